The highest BCUT2D eigenvalue weighted by molar-refractivity contribution is 6.03. The molecule has 0 aliphatic carbocycles. The number of H-pyrrole nitrogens is 1. The SMILES string of the molecule is O=C(Nc1ccc(F)cc1F)c1ccnc(NCCc2c[nH]c3ccccc23)n1. The third kappa shape index (κ3) is 4.21. The molecule has 0 saturated heterocycles. The number of rotatable bonds is 6. The van der Waals surface area contributed by atoms with E-state index >= 15 is 0 Å². The van der Waals surface area contributed by atoms with Crippen molar-refractivity contribution in [1.82, 2.24) is 15.0 Å². The predicted octanol–water partition coefficient (Wildman–Crippen LogP) is 4.14. The highest BCUT2D eigenvalue weighted by Crippen LogP contribution is 2.18. The van der Waals surface area contributed by atoms with Crippen LogP contribution in [0.3, 0.4) is 0 Å². The molecule has 3 N–H and O–H groups in total. The van der Waals surface area contributed by atoms with E-state index in [9.17, 15) is 13.6 Å². The number of para-hydroxylation sites is 1. The molecule has 4 aromatic rings. The number of aromatic amines is 1. The van der Waals surface area contributed by atoms with E-state index in [1.54, 1.807) is 0 Å². The molecule has 0 fully saturated rings. The van der Waals surface area contributed by atoms with Crippen molar-refractivity contribution in [3.05, 3.63) is 83.8 Å². The summed E-state index contributed by atoms with van der Waals surface area (Å²) in [6.07, 6.45) is 4.15. The van der Waals surface area contributed by atoms with Gasteiger partial charge in [-0.15, -0.1) is 0 Å². The Labute approximate surface area is 165 Å². The van der Waals surface area contributed by atoms with Crippen LogP contribution in [0.4, 0.5) is 20.4 Å². The van der Waals surface area contributed by atoms with Crippen LogP contribution in [0.1, 0.15) is 16.1 Å². The molecule has 0 aliphatic rings. The Balaban J connectivity index is 1.39. The van der Waals surface area contributed by atoms with Gasteiger partial charge in [-0.3, -0.25) is 4.79 Å². The number of aromatic nitrogens is 3. The van der Waals surface area contributed by atoms with Gasteiger partial charge >= 0.3 is 0 Å². The summed E-state index contributed by atoms with van der Waals surface area (Å²) in [4.78, 5) is 23.8. The summed E-state index contributed by atoms with van der Waals surface area (Å²) in [5.74, 6) is -1.90. The molecule has 2 heterocycles. The van der Waals surface area contributed by atoms with Crippen LogP contribution in [-0.4, -0.2) is 27.4 Å². The molecule has 146 valence electrons. The number of benzene rings is 2. The van der Waals surface area contributed by atoms with Gasteiger partial charge < -0.3 is 15.6 Å². The van der Waals surface area contributed by atoms with Gasteiger partial charge in [0.1, 0.15) is 17.3 Å². The lowest BCUT2D eigenvalue weighted by molar-refractivity contribution is 0.102. The number of hydrogen-bond acceptors (Lipinski definition) is 4. The number of amides is 1. The molecule has 2 aromatic heterocycles. The Kier molecular flexibility index (Phi) is 5.15. The molecule has 4 rings (SSSR count). The first kappa shape index (κ1) is 18.5. The number of carbonyl (C=O) groups excluding carboxylic acids is 1. The largest absolute Gasteiger partial charge is 0.361 e. The zero-order valence-electron chi connectivity index (χ0n) is 15.2. The Morgan fingerprint density at radius 3 is 2.83 bits per heavy atom. The summed E-state index contributed by atoms with van der Waals surface area (Å²) in [7, 11) is 0. The zero-order chi connectivity index (χ0) is 20.2. The van der Waals surface area contributed by atoms with Crippen molar-refractivity contribution in [3.8, 4) is 0 Å². The van der Waals surface area contributed by atoms with Crippen LogP contribution in [0.5, 0.6) is 0 Å². The molecule has 0 spiro atoms. The second-order valence-corrected chi connectivity index (χ2v) is 6.38. The quantitative estimate of drug-likeness (QED) is 0.460. The first-order valence-corrected chi connectivity index (χ1v) is 8.98. The Hall–Kier alpha value is -3.81. The third-order valence-electron chi connectivity index (χ3n) is 4.42. The lowest BCUT2D eigenvalue weighted by Crippen LogP contribution is -2.16. The first-order chi connectivity index (χ1) is 14.1. The van der Waals surface area contributed by atoms with E-state index in [0.29, 0.717) is 12.6 Å². The molecule has 2 aromatic carbocycles. The maximum absolute atomic E-state index is 13.7. The number of anilines is 2. The number of halogens is 2. The van der Waals surface area contributed by atoms with Crippen molar-refractivity contribution in [2.24, 2.45) is 0 Å². The maximum Gasteiger partial charge on any atom is 0.274 e. The molecule has 6 nitrogen and oxygen atoms in total. The van der Waals surface area contributed by atoms with E-state index in [-0.39, 0.29) is 17.3 Å². The van der Waals surface area contributed by atoms with Crippen LogP contribution in [0, 0.1) is 11.6 Å². The van der Waals surface area contributed by atoms with Crippen LogP contribution in [-0.2, 0) is 6.42 Å². The highest BCUT2D eigenvalue weighted by Gasteiger charge is 2.12. The second-order valence-electron chi connectivity index (χ2n) is 6.38. The van der Waals surface area contributed by atoms with Gasteiger partial charge in [-0.05, 0) is 36.2 Å². The Bertz CT molecular complexity index is 1170. The van der Waals surface area contributed by atoms with E-state index in [0.717, 1.165) is 35.0 Å². The molecular weight excluding hydrogens is 376 g/mol. The minimum atomic E-state index is -0.857. The van der Waals surface area contributed by atoms with E-state index in [1.807, 2.05) is 24.4 Å². The van der Waals surface area contributed by atoms with Crippen LogP contribution in [0.15, 0.2) is 60.9 Å². The first-order valence-electron chi connectivity index (χ1n) is 8.98. The fourth-order valence-corrected chi connectivity index (χ4v) is 2.99. The minimum Gasteiger partial charge on any atom is -0.361 e. The molecule has 0 bridgehead atoms. The molecule has 0 aliphatic heterocycles. The molecule has 0 atom stereocenters. The fourth-order valence-electron chi connectivity index (χ4n) is 2.99. The number of hydrogen-bond donors (Lipinski definition) is 3. The molecule has 8 heteroatoms. The predicted molar refractivity (Wildman–Crippen MR) is 107 cm³/mol. The van der Waals surface area contributed by atoms with Crippen LogP contribution in [0.2, 0.25) is 0 Å². The van der Waals surface area contributed by atoms with Gasteiger partial charge in [0.25, 0.3) is 5.91 Å². The topological polar surface area (TPSA) is 82.7 Å². The summed E-state index contributed by atoms with van der Waals surface area (Å²) in [6.45, 7) is 0.569. The van der Waals surface area contributed by atoms with Gasteiger partial charge in [-0.25, -0.2) is 18.7 Å². The van der Waals surface area contributed by atoms with Gasteiger partial charge in [0.15, 0.2) is 0 Å². The fraction of sp³-hybridized carbons (Fsp3) is 0.0952. The Morgan fingerprint density at radius 2 is 1.97 bits per heavy atom. The van der Waals surface area contributed by atoms with Crippen LogP contribution < -0.4 is 10.6 Å². The Morgan fingerprint density at radius 1 is 1.10 bits per heavy atom. The lowest BCUT2D eigenvalue weighted by Gasteiger charge is -2.08. The maximum atomic E-state index is 13.7. The van der Waals surface area contributed by atoms with Gasteiger partial charge in [-0.2, -0.15) is 0 Å². The summed E-state index contributed by atoms with van der Waals surface area (Å²) in [6, 6.07) is 12.4. The summed E-state index contributed by atoms with van der Waals surface area (Å²) in [5, 5.41) is 6.62. The average molecular weight is 393 g/mol. The van der Waals surface area contributed by atoms with E-state index < -0.39 is 17.5 Å². The molecule has 0 unspecified atom stereocenters. The van der Waals surface area contributed by atoms with Crippen molar-refractivity contribution in [2.75, 3.05) is 17.2 Å². The second kappa shape index (κ2) is 8.05. The van der Waals surface area contributed by atoms with Gasteiger partial charge in [0.05, 0.1) is 5.69 Å². The van der Waals surface area contributed by atoms with Crippen molar-refractivity contribution in [1.29, 1.82) is 0 Å². The van der Waals surface area contributed by atoms with Crippen molar-refractivity contribution < 1.29 is 13.6 Å². The molecule has 1 amide bonds. The molecule has 0 saturated carbocycles. The van der Waals surface area contributed by atoms with Gasteiger partial charge in [0.2, 0.25) is 5.95 Å². The molecule has 29 heavy (non-hydrogen) atoms. The van der Waals surface area contributed by atoms with Crippen LogP contribution in [0.25, 0.3) is 10.9 Å². The van der Waals surface area contributed by atoms with Crippen molar-refractivity contribution in [3.63, 3.8) is 0 Å². The number of nitrogens with one attached hydrogen (secondary N) is 3. The number of fused-ring (bicyclic) bond motifs is 1. The average Bonchev–Trinajstić information content (AvgIpc) is 3.13. The monoisotopic (exact) mass is 393 g/mol. The van der Waals surface area contributed by atoms with E-state index in [4.69, 9.17) is 0 Å². The van der Waals surface area contributed by atoms with E-state index in [2.05, 4.69) is 31.7 Å². The minimum absolute atomic E-state index is 0.0679. The van der Waals surface area contributed by atoms with Crippen molar-refractivity contribution in [2.45, 2.75) is 6.42 Å². The number of carbonyl (C=O) groups is 1. The zero-order valence-corrected chi connectivity index (χ0v) is 15.2. The normalized spacial score (nSPS) is 10.8. The summed E-state index contributed by atoms with van der Waals surface area (Å²) < 4.78 is 26.7. The summed E-state index contributed by atoms with van der Waals surface area (Å²) in [5.41, 5.74) is 2.18. The van der Waals surface area contributed by atoms with Gasteiger partial charge in [0, 0.05) is 35.9 Å². The lowest BCUT2D eigenvalue weighted by atomic mass is 10.1. The molecular formula is C21H17F2N5O. The van der Waals surface area contributed by atoms with Gasteiger partial charge in [-0.1, -0.05) is 18.2 Å². The molecule has 0 radical (unpaired) electrons. The van der Waals surface area contributed by atoms with Crippen molar-refractivity contribution >= 4 is 28.4 Å². The summed E-state index contributed by atoms with van der Waals surface area (Å²) >= 11 is 0. The standard InChI is InChI=1S/C21H17F2N5O/c22-14-5-6-18(16(23)11-14)27-20(29)19-8-10-25-21(28-19)24-9-7-13-12-26-17-4-2-1-3-15(13)17/h1-6,8,10-12,26H,7,9H2,(H,27,29)(H,24,25,28). The highest BCUT2D eigenvalue weighted by atomic mass is 19.1. The number of nitrogens with zero attached hydrogens (tertiary/aromatic N) is 2. The van der Waals surface area contributed by atoms with Crippen LogP contribution >= 0.6 is 0 Å². The third-order valence-corrected chi connectivity index (χ3v) is 4.42. The smallest absolute Gasteiger partial charge is 0.274 e. The van der Waals surface area contributed by atoms with E-state index in [1.165, 1.54) is 12.3 Å².